The standard InChI is InChI=1S/C15H11ClN2O2/c1-10-13-4-2-3-5-14(13)17-18(10)20-15(19)11-6-8-12(16)9-7-11/h2-9H,1H3. The first-order chi connectivity index (χ1) is 9.65. The topological polar surface area (TPSA) is 44.1 Å². The summed E-state index contributed by atoms with van der Waals surface area (Å²) in [5.41, 5.74) is 1.99. The summed E-state index contributed by atoms with van der Waals surface area (Å²) in [5.74, 6) is -0.474. The summed E-state index contributed by atoms with van der Waals surface area (Å²) in [5, 5.41) is 5.77. The molecule has 2 aromatic carbocycles. The molecule has 0 saturated carbocycles. The molecule has 0 unspecified atom stereocenters. The number of aromatic nitrogens is 2. The fourth-order valence-corrected chi connectivity index (χ4v) is 2.07. The van der Waals surface area contributed by atoms with Crippen molar-refractivity contribution >= 4 is 28.5 Å². The molecule has 100 valence electrons. The molecule has 3 rings (SSSR count). The fourth-order valence-electron chi connectivity index (χ4n) is 1.95. The molecule has 0 aliphatic carbocycles. The van der Waals surface area contributed by atoms with Crippen LogP contribution in [0.25, 0.3) is 10.9 Å². The number of nitrogens with zero attached hydrogens (tertiary/aromatic N) is 2. The van der Waals surface area contributed by atoms with Crippen LogP contribution < -0.4 is 4.84 Å². The van der Waals surface area contributed by atoms with Gasteiger partial charge in [0, 0.05) is 10.4 Å². The van der Waals surface area contributed by atoms with Gasteiger partial charge in [0.2, 0.25) is 0 Å². The molecule has 1 heterocycles. The van der Waals surface area contributed by atoms with E-state index in [2.05, 4.69) is 5.10 Å². The normalized spacial score (nSPS) is 10.7. The average molecular weight is 287 g/mol. The van der Waals surface area contributed by atoms with Gasteiger partial charge in [-0.25, -0.2) is 4.79 Å². The van der Waals surface area contributed by atoms with Crippen molar-refractivity contribution in [3.8, 4) is 0 Å². The monoisotopic (exact) mass is 286 g/mol. The molecule has 0 atom stereocenters. The molecule has 0 bridgehead atoms. The van der Waals surface area contributed by atoms with Gasteiger partial charge in [-0.2, -0.15) is 0 Å². The zero-order valence-electron chi connectivity index (χ0n) is 10.7. The minimum atomic E-state index is -0.474. The van der Waals surface area contributed by atoms with Crippen LogP contribution >= 0.6 is 11.6 Å². The van der Waals surface area contributed by atoms with Crippen molar-refractivity contribution in [2.24, 2.45) is 0 Å². The smallest absolute Gasteiger partial charge is 0.314 e. The van der Waals surface area contributed by atoms with E-state index in [4.69, 9.17) is 16.4 Å². The molecule has 0 saturated heterocycles. The van der Waals surface area contributed by atoms with E-state index in [-0.39, 0.29) is 0 Å². The van der Waals surface area contributed by atoms with Crippen LogP contribution in [-0.4, -0.2) is 15.9 Å². The molecule has 0 radical (unpaired) electrons. The predicted molar refractivity (Wildman–Crippen MR) is 76.8 cm³/mol. The summed E-state index contributed by atoms with van der Waals surface area (Å²) in [6.07, 6.45) is 0. The van der Waals surface area contributed by atoms with Crippen LogP contribution in [0.15, 0.2) is 48.5 Å². The molecule has 20 heavy (non-hydrogen) atoms. The zero-order valence-corrected chi connectivity index (χ0v) is 11.5. The van der Waals surface area contributed by atoms with Gasteiger partial charge in [0.05, 0.1) is 16.8 Å². The second-order valence-corrected chi connectivity index (χ2v) is 4.80. The Bertz CT molecular complexity index is 778. The number of rotatable bonds is 2. The lowest BCUT2D eigenvalue weighted by Gasteiger charge is -2.04. The minimum absolute atomic E-state index is 0.424. The first kappa shape index (κ1) is 12.7. The van der Waals surface area contributed by atoms with Gasteiger partial charge < -0.3 is 4.84 Å². The summed E-state index contributed by atoms with van der Waals surface area (Å²) in [7, 11) is 0. The lowest BCUT2D eigenvalue weighted by atomic mass is 10.2. The summed E-state index contributed by atoms with van der Waals surface area (Å²) in [4.78, 5) is 18.6. The summed E-state index contributed by atoms with van der Waals surface area (Å²) in [6, 6.07) is 14.1. The van der Waals surface area contributed by atoms with E-state index in [1.807, 2.05) is 31.2 Å². The first-order valence-corrected chi connectivity index (χ1v) is 6.45. The molecule has 3 aromatic rings. The van der Waals surface area contributed by atoms with Gasteiger partial charge in [0.15, 0.2) is 0 Å². The maximum atomic E-state index is 12.0. The summed E-state index contributed by atoms with van der Waals surface area (Å²) >= 11 is 5.79. The summed E-state index contributed by atoms with van der Waals surface area (Å²) < 4.78 is 0. The van der Waals surface area contributed by atoms with Gasteiger partial charge in [-0.3, -0.25) is 0 Å². The highest BCUT2D eigenvalue weighted by Gasteiger charge is 2.13. The number of benzene rings is 2. The largest absolute Gasteiger partial charge is 0.365 e. The molecule has 0 aliphatic heterocycles. The Kier molecular flexibility index (Phi) is 3.16. The average Bonchev–Trinajstić information content (AvgIpc) is 2.77. The van der Waals surface area contributed by atoms with Crippen LogP contribution in [-0.2, 0) is 0 Å². The number of carbonyl (C=O) groups is 1. The SMILES string of the molecule is Cc1c2ccccc2nn1OC(=O)c1ccc(Cl)cc1. The van der Waals surface area contributed by atoms with Gasteiger partial charge in [-0.15, -0.1) is 5.10 Å². The van der Waals surface area contributed by atoms with Crippen LogP contribution in [0.2, 0.25) is 5.02 Å². The van der Waals surface area contributed by atoms with E-state index in [1.165, 1.54) is 4.85 Å². The van der Waals surface area contributed by atoms with E-state index >= 15 is 0 Å². The Hall–Kier alpha value is -2.33. The number of hydrogen-bond donors (Lipinski definition) is 0. The molecule has 0 aliphatic rings. The third-order valence-electron chi connectivity index (χ3n) is 3.03. The third-order valence-corrected chi connectivity index (χ3v) is 3.28. The number of halogens is 1. The molecule has 0 fully saturated rings. The number of aryl methyl sites for hydroxylation is 1. The van der Waals surface area contributed by atoms with Crippen molar-refractivity contribution < 1.29 is 9.63 Å². The molecule has 0 amide bonds. The Morgan fingerprint density at radius 1 is 1.15 bits per heavy atom. The third kappa shape index (κ3) is 2.26. The van der Waals surface area contributed by atoms with Crippen LogP contribution in [0.4, 0.5) is 0 Å². The molecule has 4 nitrogen and oxygen atoms in total. The highest BCUT2D eigenvalue weighted by molar-refractivity contribution is 6.30. The highest BCUT2D eigenvalue weighted by Crippen LogP contribution is 2.16. The lowest BCUT2D eigenvalue weighted by Crippen LogP contribution is -2.21. The molecular weight excluding hydrogens is 276 g/mol. The van der Waals surface area contributed by atoms with Gasteiger partial charge in [-0.1, -0.05) is 34.6 Å². The Balaban J connectivity index is 1.91. The molecule has 1 aromatic heterocycles. The van der Waals surface area contributed by atoms with E-state index in [1.54, 1.807) is 24.3 Å². The van der Waals surface area contributed by atoms with Crippen molar-refractivity contribution in [3.63, 3.8) is 0 Å². The molecule has 5 heteroatoms. The Labute approximate surface area is 120 Å². The maximum absolute atomic E-state index is 12.0. The van der Waals surface area contributed by atoms with E-state index in [9.17, 15) is 4.79 Å². The zero-order chi connectivity index (χ0) is 14.1. The van der Waals surface area contributed by atoms with Gasteiger partial charge >= 0.3 is 5.97 Å². The van der Waals surface area contributed by atoms with Crippen molar-refractivity contribution in [3.05, 3.63) is 64.8 Å². The number of hydrogen-bond acceptors (Lipinski definition) is 3. The fraction of sp³-hybridized carbons (Fsp3) is 0.0667. The maximum Gasteiger partial charge on any atom is 0.365 e. The molecule has 0 N–H and O–H groups in total. The van der Waals surface area contributed by atoms with Crippen LogP contribution in [0.3, 0.4) is 0 Å². The van der Waals surface area contributed by atoms with Crippen molar-refractivity contribution in [2.75, 3.05) is 0 Å². The van der Waals surface area contributed by atoms with E-state index in [0.29, 0.717) is 10.6 Å². The lowest BCUT2D eigenvalue weighted by molar-refractivity contribution is 0.0387. The van der Waals surface area contributed by atoms with E-state index < -0.39 is 5.97 Å². The second kappa shape index (κ2) is 4.98. The molecule has 0 spiro atoms. The molecular formula is C15H11ClN2O2. The summed E-state index contributed by atoms with van der Waals surface area (Å²) in [6.45, 7) is 1.85. The Morgan fingerprint density at radius 2 is 1.85 bits per heavy atom. The first-order valence-electron chi connectivity index (χ1n) is 6.08. The van der Waals surface area contributed by atoms with Gasteiger partial charge in [0.25, 0.3) is 0 Å². The van der Waals surface area contributed by atoms with Crippen LogP contribution in [0.5, 0.6) is 0 Å². The van der Waals surface area contributed by atoms with Crippen LogP contribution in [0, 0.1) is 6.92 Å². The predicted octanol–water partition coefficient (Wildman–Crippen LogP) is 3.27. The number of carbonyl (C=O) groups excluding carboxylic acids is 1. The second-order valence-electron chi connectivity index (χ2n) is 4.36. The highest BCUT2D eigenvalue weighted by atomic mass is 35.5. The Morgan fingerprint density at radius 3 is 2.55 bits per heavy atom. The van der Waals surface area contributed by atoms with E-state index in [0.717, 1.165) is 16.6 Å². The van der Waals surface area contributed by atoms with Gasteiger partial charge in [-0.05, 0) is 37.3 Å². The number of fused-ring (bicyclic) bond motifs is 1. The minimum Gasteiger partial charge on any atom is -0.314 e. The van der Waals surface area contributed by atoms with Gasteiger partial charge in [0.1, 0.15) is 0 Å². The quantitative estimate of drug-likeness (QED) is 0.726. The van der Waals surface area contributed by atoms with Crippen molar-refractivity contribution in [1.29, 1.82) is 0 Å². The van der Waals surface area contributed by atoms with Crippen molar-refractivity contribution in [1.82, 2.24) is 9.94 Å². The van der Waals surface area contributed by atoms with Crippen LogP contribution in [0.1, 0.15) is 16.1 Å². The van der Waals surface area contributed by atoms with Crippen molar-refractivity contribution in [2.45, 2.75) is 6.92 Å².